The number of hydrogen-bond donors (Lipinski definition) is 2. The van der Waals surface area contributed by atoms with Gasteiger partial charge in [0.1, 0.15) is 5.75 Å². The van der Waals surface area contributed by atoms with E-state index in [2.05, 4.69) is 10.9 Å². The first kappa shape index (κ1) is 19.8. The predicted octanol–water partition coefficient (Wildman–Crippen LogP) is 3.85. The largest absolute Gasteiger partial charge is 0.484 e. The molecule has 2 aromatic rings. The molecule has 0 spiro atoms. The smallest absolute Gasteiger partial charge is 0.276 e. The minimum Gasteiger partial charge on any atom is -0.484 e. The molecular formula is C19H18Cl2N2O3. The van der Waals surface area contributed by atoms with Crippen molar-refractivity contribution in [2.75, 3.05) is 6.61 Å². The van der Waals surface area contributed by atoms with Crippen LogP contribution in [0.2, 0.25) is 10.0 Å². The molecule has 0 aliphatic carbocycles. The third-order valence-electron chi connectivity index (χ3n) is 3.26. The van der Waals surface area contributed by atoms with Crippen LogP contribution in [0.3, 0.4) is 0 Å². The number of ether oxygens (including phenoxy) is 1. The third-order valence-corrected chi connectivity index (χ3v) is 4.00. The van der Waals surface area contributed by atoms with E-state index in [9.17, 15) is 9.59 Å². The molecule has 0 aliphatic rings. The Morgan fingerprint density at radius 2 is 1.69 bits per heavy atom. The summed E-state index contributed by atoms with van der Waals surface area (Å²) in [6.45, 7) is 3.68. The number of hydrogen-bond acceptors (Lipinski definition) is 3. The average Bonchev–Trinajstić information content (AvgIpc) is 2.58. The minimum atomic E-state index is -0.490. The molecule has 0 bridgehead atoms. The Morgan fingerprint density at radius 1 is 1.00 bits per heavy atom. The standard InChI is InChI=1S/C19H18Cl2N2O3/c1-12-7-13(2)9-15(8-12)26-11-19(25)23-22-18(24)6-4-14-3-5-16(20)17(21)10-14/h3-10H,11H2,1-2H3,(H,22,24)(H,23,25)/b6-4+. The zero-order chi connectivity index (χ0) is 19.1. The summed E-state index contributed by atoms with van der Waals surface area (Å²) >= 11 is 11.7. The Morgan fingerprint density at radius 3 is 2.35 bits per heavy atom. The lowest BCUT2D eigenvalue weighted by molar-refractivity contribution is -0.128. The monoisotopic (exact) mass is 392 g/mol. The molecule has 0 saturated carbocycles. The molecule has 0 saturated heterocycles. The first-order valence-electron chi connectivity index (χ1n) is 7.76. The van der Waals surface area contributed by atoms with Crippen molar-refractivity contribution in [3.8, 4) is 5.75 Å². The normalized spacial score (nSPS) is 10.6. The molecule has 26 heavy (non-hydrogen) atoms. The van der Waals surface area contributed by atoms with E-state index < -0.39 is 11.8 Å². The second-order valence-corrected chi connectivity index (χ2v) is 6.47. The van der Waals surface area contributed by atoms with Crippen LogP contribution in [0.4, 0.5) is 0 Å². The van der Waals surface area contributed by atoms with Crippen LogP contribution in [0.25, 0.3) is 6.08 Å². The van der Waals surface area contributed by atoms with Crippen LogP contribution < -0.4 is 15.6 Å². The van der Waals surface area contributed by atoms with E-state index >= 15 is 0 Å². The number of hydrazine groups is 1. The van der Waals surface area contributed by atoms with Crippen LogP contribution in [0.15, 0.2) is 42.5 Å². The molecule has 0 heterocycles. The quantitative estimate of drug-likeness (QED) is 0.599. The van der Waals surface area contributed by atoms with Crippen molar-refractivity contribution >= 4 is 41.1 Å². The van der Waals surface area contributed by atoms with Crippen molar-refractivity contribution in [3.05, 3.63) is 69.2 Å². The lowest BCUT2D eigenvalue weighted by Gasteiger charge is -2.09. The van der Waals surface area contributed by atoms with Crippen molar-refractivity contribution in [1.29, 1.82) is 0 Å². The van der Waals surface area contributed by atoms with Gasteiger partial charge in [-0.15, -0.1) is 0 Å². The molecule has 2 N–H and O–H groups in total. The van der Waals surface area contributed by atoms with Crippen molar-refractivity contribution in [3.63, 3.8) is 0 Å². The summed E-state index contributed by atoms with van der Waals surface area (Å²) in [5.74, 6) is -0.361. The van der Waals surface area contributed by atoms with Gasteiger partial charge in [-0.05, 0) is 60.9 Å². The van der Waals surface area contributed by atoms with E-state index in [1.165, 1.54) is 6.08 Å². The lowest BCUT2D eigenvalue weighted by Crippen LogP contribution is -2.43. The summed E-state index contributed by atoms with van der Waals surface area (Å²) in [5, 5.41) is 0.829. The fourth-order valence-electron chi connectivity index (χ4n) is 2.16. The number of benzene rings is 2. The van der Waals surface area contributed by atoms with Gasteiger partial charge in [0.2, 0.25) is 0 Å². The molecule has 0 aliphatic heterocycles. The van der Waals surface area contributed by atoms with Gasteiger partial charge in [0.25, 0.3) is 11.8 Å². The zero-order valence-electron chi connectivity index (χ0n) is 14.3. The summed E-state index contributed by atoms with van der Waals surface area (Å²) in [5.41, 5.74) is 7.34. The molecule has 0 aromatic heterocycles. The number of amides is 2. The molecule has 136 valence electrons. The number of carbonyl (C=O) groups is 2. The fraction of sp³-hybridized carbons (Fsp3) is 0.158. The van der Waals surface area contributed by atoms with Crippen LogP contribution in [0, 0.1) is 13.8 Å². The number of aryl methyl sites for hydroxylation is 2. The summed E-state index contributed by atoms with van der Waals surface area (Å²) < 4.78 is 5.41. The Hall–Kier alpha value is -2.50. The highest BCUT2D eigenvalue weighted by atomic mass is 35.5. The van der Waals surface area contributed by atoms with Crippen LogP contribution in [-0.2, 0) is 9.59 Å². The van der Waals surface area contributed by atoms with Gasteiger partial charge < -0.3 is 4.74 Å². The highest BCUT2D eigenvalue weighted by molar-refractivity contribution is 6.42. The van der Waals surface area contributed by atoms with Gasteiger partial charge in [-0.3, -0.25) is 20.4 Å². The van der Waals surface area contributed by atoms with E-state index in [0.29, 0.717) is 21.4 Å². The van der Waals surface area contributed by atoms with Crippen molar-refractivity contribution in [1.82, 2.24) is 10.9 Å². The molecule has 0 fully saturated rings. The topological polar surface area (TPSA) is 67.4 Å². The SMILES string of the molecule is Cc1cc(C)cc(OCC(=O)NNC(=O)/C=C/c2ccc(Cl)c(Cl)c2)c1. The molecule has 0 unspecified atom stereocenters. The zero-order valence-corrected chi connectivity index (χ0v) is 15.8. The molecule has 2 rings (SSSR count). The van der Waals surface area contributed by atoms with Gasteiger partial charge in [-0.25, -0.2) is 0 Å². The van der Waals surface area contributed by atoms with E-state index in [1.54, 1.807) is 24.3 Å². The van der Waals surface area contributed by atoms with Crippen LogP contribution >= 0.6 is 23.2 Å². The van der Waals surface area contributed by atoms with E-state index in [1.807, 2.05) is 32.0 Å². The summed E-state index contributed by atoms with van der Waals surface area (Å²) in [6.07, 6.45) is 2.82. The van der Waals surface area contributed by atoms with Crippen LogP contribution in [0.1, 0.15) is 16.7 Å². The fourth-order valence-corrected chi connectivity index (χ4v) is 2.47. The van der Waals surface area contributed by atoms with Gasteiger partial charge in [-0.1, -0.05) is 35.3 Å². The average molecular weight is 393 g/mol. The van der Waals surface area contributed by atoms with E-state index in [0.717, 1.165) is 11.1 Å². The number of nitrogens with one attached hydrogen (secondary N) is 2. The second kappa shape index (κ2) is 9.27. The van der Waals surface area contributed by atoms with Gasteiger partial charge in [0.15, 0.2) is 6.61 Å². The highest BCUT2D eigenvalue weighted by Gasteiger charge is 2.05. The second-order valence-electron chi connectivity index (χ2n) is 5.66. The predicted molar refractivity (Wildman–Crippen MR) is 103 cm³/mol. The Kier molecular flexibility index (Phi) is 7.06. The van der Waals surface area contributed by atoms with E-state index in [4.69, 9.17) is 27.9 Å². The maximum Gasteiger partial charge on any atom is 0.276 e. The summed E-state index contributed by atoms with van der Waals surface area (Å²) in [4.78, 5) is 23.5. The first-order valence-corrected chi connectivity index (χ1v) is 8.52. The molecule has 5 nitrogen and oxygen atoms in total. The van der Waals surface area contributed by atoms with Crippen molar-refractivity contribution in [2.45, 2.75) is 13.8 Å². The van der Waals surface area contributed by atoms with Gasteiger partial charge in [-0.2, -0.15) is 0 Å². The van der Waals surface area contributed by atoms with Gasteiger partial charge in [0, 0.05) is 6.08 Å². The third kappa shape index (κ3) is 6.43. The summed E-state index contributed by atoms with van der Waals surface area (Å²) in [6, 6.07) is 10.6. The minimum absolute atomic E-state index is 0.209. The van der Waals surface area contributed by atoms with Crippen molar-refractivity contribution in [2.24, 2.45) is 0 Å². The lowest BCUT2D eigenvalue weighted by atomic mass is 10.1. The number of carbonyl (C=O) groups excluding carboxylic acids is 2. The van der Waals surface area contributed by atoms with Crippen LogP contribution in [-0.4, -0.2) is 18.4 Å². The Balaban J connectivity index is 1.78. The molecular weight excluding hydrogens is 375 g/mol. The Bertz CT molecular complexity index is 830. The van der Waals surface area contributed by atoms with Crippen molar-refractivity contribution < 1.29 is 14.3 Å². The molecule has 2 amide bonds. The number of halogens is 2. The maximum absolute atomic E-state index is 11.7. The molecule has 0 radical (unpaired) electrons. The first-order chi connectivity index (χ1) is 12.3. The molecule has 0 atom stereocenters. The van der Waals surface area contributed by atoms with E-state index in [-0.39, 0.29) is 6.61 Å². The van der Waals surface area contributed by atoms with Gasteiger partial charge in [0.05, 0.1) is 10.0 Å². The Labute approximate surface area is 161 Å². The van der Waals surface area contributed by atoms with Crippen LogP contribution in [0.5, 0.6) is 5.75 Å². The summed E-state index contributed by atoms with van der Waals surface area (Å²) in [7, 11) is 0. The molecule has 7 heteroatoms. The maximum atomic E-state index is 11.7. The highest BCUT2D eigenvalue weighted by Crippen LogP contribution is 2.23. The van der Waals surface area contributed by atoms with Gasteiger partial charge >= 0.3 is 0 Å². The number of rotatable bonds is 5. The molecule has 2 aromatic carbocycles.